The van der Waals surface area contributed by atoms with Gasteiger partial charge in [0.15, 0.2) is 0 Å². The smallest absolute Gasteiger partial charge is 0.0456 e. The lowest BCUT2D eigenvalue weighted by atomic mass is 10.2. The molecule has 0 saturated heterocycles. The van der Waals surface area contributed by atoms with E-state index in [0.29, 0.717) is 0 Å². The Hall–Kier alpha value is -1.28. The lowest BCUT2D eigenvalue weighted by Gasteiger charge is -1.98. The Morgan fingerprint density at radius 1 is 1.27 bits per heavy atom. The largest absolute Gasteiger partial charge is 0.357 e. The summed E-state index contributed by atoms with van der Waals surface area (Å²) in [7, 11) is 0. The highest BCUT2D eigenvalue weighted by Gasteiger charge is 1.99. The van der Waals surface area contributed by atoms with Crippen LogP contribution in [0.1, 0.15) is 24.6 Å². The minimum absolute atomic E-state index is 0.932. The number of hydrogen-bond acceptors (Lipinski definition) is 1. The fourth-order valence-corrected chi connectivity index (χ4v) is 1.81. The first-order valence-electron chi connectivity index (χ1n) is 5.58. The van der Waals surface area contributed by atoms with Crippen molar-refractivity contribution in [3.05, 3.63) is 35.5 Å². The molecule has 2 nitrogen and oxygen atoms in total. The van der Waals surface area contributed by atoms with E-state index in [1.54, 1.807) is 0 Å². The van der Waals surface area contributed by atoms with Crippen LogP contribution >= 0.6 is 0 Å². The third kappa shape index (κ3) is 2.39. The molecule has 2 aromatic rings. The highest BCUT2D eigenvalue weighted by Crippen LogP contribution is 2.16. The predicted molar refractivity (Wildman–Crippen MR) is 65.0 cm³/mol. The van der Waals surface area contributed by atoms with E-state index >= 15 is 0 Å². The van der Waals surface area contributed by atoms with Crippen LogP contribution in [0.2, 0.25) is 0 Å². The fraction of sp³-hybridized carbons (Fsp3) is 0.385. The van der Waals surface area contributed by atoms with Gasteiger partial charge < -0.3 is 10.3 Å². The number of hydrogen-bond donors (Lipinski definition) is 2. The average Bonchev–Trinajstić information content (AvgIpc) is 2.60. The van der Waals surface area contributed by atoms with Gasteiger partial charge >= 0.3 is 0 Å². The fourth-order valence-electron chi connectivity index (χ4n) is 1.81. The van der Waals surface area contributed by atoms with Crippen LogP contribution in [0, 0.1) is 6.92 Å². The molecule has 1 heterocycles. The van der Waals surface area contributed by atoms with E-state index in [1.165, 1.54) is 28.6 Å². The van der Waals surface area contributed by atoms with Crippen LogP contribution in [-0.4, -0.2) is 11.5 Å². The summed E-state index contributed by atoms with van der Waals surface area (Å²) in [6, 6.07) is 8.73. The topological polar surface area (TPSA) is 27.8 Å². The maximum atomic E-state index is 3.42. The zero-order chi connectivity index (χ0) is 10.7. The van der Waals surface area contributed by atoms with Crippen molar-refractivity contribution in [1.82, 2.24) is 10.3 Å². The standard InChI is InChI=1S/C13H18N2/c1-3-6-14-9-12-8-11-7-10(2)4-5-13(11)15-12/h4-5,7-8,14-15H,3,6,9H2,1-2H3. The van der Waals surface area contributed by atoms with Crippen LogP contribution in [0.3, 0.4) is 0 Å². The van der Waals surface area contributed by atoms with E-state index in [2.05, 4.69) is 48.4 Å². The van der Waals surface area contributed by atoms with Crippen molar-refractivity contribution >= 4 is 10.9 Å². The van der Waals surface area contributed by atoms with E-state index in [4.69, 9.17) is 0 Å². The van der Waals surface area contributed by atoms with Gasteiger partial charge in [0.1, 0.15) is 0 Å². The Labute approximate surface area is 90.7 Å². The number of benzene rings is 1. The molecule has 15 heavy (non-hydrogen) atoms. The molecule has 0 atom stereocenters. The number of aryl methyl sites for hydroxylation is 1. The molecule has 0 unspecified atom stereocenters. The van der Waals surface area contributed by atoms with Crippen molar-refractivity contribution in [3.63, 3.8) is 0 Å². The van der Waals surface area contributed by atoms with E-state index in [9.17, 15) is 0 Å². The highest BCUT2D eigenvalue weighted by molar-refractivity contribution is 5.81. The number of H-pyrrole nitrogens is 1. The predicted octanol–water partition coefficient (Wildman–Crippen LogP) is 2.98. The number of fused-ring (bicyclic) bond motifs is 1. The van der Waals surface area contributed by atoms with Crippen LogP contribution in [0.4, 0.5) is 0 Å². The highest BCUT2D eigenvalue weighted by atomic mass is 14.9. The van der Waals surface area contributed by atoms with E-state index in [-0.39, 0.29) is 0 Å². The van der Waals surface area contributed by atoms with Gasteiger partial charge in [0.2, 0.25) is 0 Å². The van der Waals surface area contributed by atoms with Gasteiger partial charge in [-0.2, -0.15) is 0 Å². The van der Waals surface area contributed by atoms with Crippen LogP contribution in [-0.2, 0) is 6.54 Å². The molecule has 0 radical (unpaired) electrons. The summed E-state index contributed by atoms with van der Waals surface area (Å²) >= 11 is 0. The molecule has 2 heteroatoms. The number of rotatable bonds is 4. The van der Waals surface area contributed by atoms with Gasteiger partial charge in [0.05, 0.1) is 0 Å². The monoisotopic (exact) mass is 202 g/mol. The summed E-state index contributed by atoms with van der Waals surface area (Å²) in [6.07, 6.45) is 1.18. The SMILES string of the molecule is CCCNCc1cc2cc(C)ccc2[nH]1. The minimum Gasteiger partial charge on any atom is -0.357 e. The lowest BCUT2D eigenvalue weighted by Crippen LogP contribution is -2.13. The van der Waals surface area contributed by atoms with Crippen molar-refractivity contribution in [2.45, 2.75) is 26.8 Å². The van der Waals surface area contributed by atoms with Crippen molar-refractivity contribution < 1.29 is 0 Å². The molecular weight excluding hydrogens is 184 g/mol. The molecule has 0 aliphatic rings. The minimum atomic E-state index is 0.932. The van der Waals surface area contributed by atoms with E-state index < -0.39 is 0 Å². The molecule has 1 aromatic heterocycles. The zero-order valence-electron chi connectivity index (χ0n) is 9.43. The van der Waals surface area contributed by atoms with Gasteiger partial charge in [-0.15, -0.1) is 0 Å². The number of aromatic nitrogens is 1. The molecule has 0 fully saturated rings. The van der Waals surface area contributed by atoms with Gasteiger partial charge in [-0.3, -0.25) is 0 Å². The maximum Gasteiger partial charge on any atom is 0.0456 e. The van der Waals surface area contributed by atoms with Crippen molar-refractivity contribution in [1.29, 1.82) is 0 Å². The van der Waals surface area contributed by atoms with Crippen LogP contribution in [0.15, 0.2) is 24.3 Å². The number of aromatic amines is 1. The third-order valence-corrected chi connectivity index (χ3v) is 2.57. The second kappa shape index (κ2) is 4.49. The van der Waals surface area contributed by atoms with Gasteiger partial charge in [-0.05, 0) is 43.5 Å². The average molecular weight is 202 g/mol. The molecule has 0 saturated carbocycles. The summed E-state index contributed by atoms with van der Waals surface area (Å²) in [4.78, 5) is 3.42. The summed E-state index contributed by atoms with van der Waals surface area (Å²) < 4.78 is 0. The normalized spacial score (nSPS) is 11.1. The van der Waals surface area contributed by atoms with Crippen molar-refractivity contribution in [2.75, 3.05) is 6.54 Å². The Morgan fingerprint density at radius 2 is 2.13 bits per heavy atom. The Morgan fingerprint density at radius 3 is 2.93 bits per heavy atom. The molecular formula is C13H18N2. The lowest BCUT2D eigenvalue weighted by molar-refractivity contribution is 0.667. The Bertz CT molecular complexity index is 443. The second-order valence-electron chi connectivity index (χ2n) is 4.06. The molecule has 0 amide bonds. The van der Waals surface area contributed by atoms with Crippen molar-refractivity contribution in [2.24, 2.45) is 0 Å². The first kappa shape index (κ1) is 10.2. The Balaban J connectivity index is 2.16. The number of nitrogens with one attached hydrogen (secondary N) is 2. The van der Waals surface area contributed by atoms with Crippen LogP contribution in [0.25, 0.3) is 10.9 Å². The first-order chi connectivity index (χ1) is 7.29. The van der Waals surface area contributed by atoms with Gasteiger partial charge in [0, 0.05) is 17.8 Å². The zero-order valence-corrected chi connectivity index (χ0v) is 9.43. The van der Waals surface area contributed by atoms with Crippen LogP contribution < -0.4 is 5.32 Å². The van der Waals surface area contributed by atoms with Gasteiger partial charge in [-0.25, -0.2) is 0 Å². The van der Waals surface area contributed by atoms with Gasteiger partial charge in [0.25, 0.3) is 0 Å². The quantitative estimate of drug-likeness (QED) is 0.733. The van der Waals surface area contributed by atoms with Crippen molar-refractivity contribution in [3.8, 4) is 0 Å². The maximum absolute atomic E-state index is 3.42. The summed E-state index contributed by atoms with van der Waals surface area (Å²) in [5, 5.41) is 4.70. The second-order valence-corrected chi connectivity index (χ2v) is 4.06. The molecule has 1 aromatic carbocycles. The van der Waals surface area contributed by atoms with E-state index in [0.717, 1.165) is 13.1 Å². The summed E-state index contributed by atoms with van der Waals surface area (Å²) in [5.41, 5.74) is 3.81. The molecule has 0 aliphatic carbocycles. The molecule has 0 spiro atoms. The molecule has 80 valence electrons. The van der Waals surface area contributed by atoms with Gasteiger partial charge in [-0.1, -0.05) is 18.6 Å². The molecule has 0 bridgehead atoms. The first-order valence-corrected chi connectivity index (χ1v) is 5.58. The molecule has 2 N–H and O–H groups in total. The van der Waals surface area contributed by atoms with E-state index in [1.807, 2.05) is 0 Å². The van der Waals surface area contributed by atoms with Crippen LogP contribution in [0.5, 0.6) is 0 Å². The molecule has 2 rings (SSSR count). The summed E-state index contributed by atoms with van der Waals surface area (Å²) in [6.45, 7) is 6.32. The Kier molecular flexibility index (Phi) is 3.07. The third-order valence-electron chi connectivity index (χ3n) is 2.57. The molecule has 0 aliphatic heterocycles. The summed E-state index contributed by atoms with van der Waals surface area (Å²) in [5.74, 6) is 0.